The van der Waals surface area contributed by atoms with Crippen LogP contribution in [0.1, 0.15) is 36.8 Å². The molecule has 1 aromatic rings. The van der Waals surface area contributed by atoms with Crippen LogP contribution in [0.5, 0.6) is 0 Å². The average molecular weight is 204 g/mol. The van der Waals surface area contributed by atoms with Gasteiger partial charge in [-0.1, -0.05) is 31.2 Å². The summed E-state index contributed by atoms with van der Waals surface area (Å²) < 4.78 is 0. The van der Waals surface area contributed by atoms with E-state index in [9.17, 15) is 4.79 Å². The molecule has 0 spiro atoms. The van der Waals surface area contributed by atoms with Crippen molar-refractivity contribution in [2.45, 2.75) is 32.1 Å². The number of benzene rings is 1. The molecule has 1 aliphatic rings. The number of hydrogen-bond donors (Lipinski definition) is 1. The summed E-state index contributed by atoms with van der Waals surface area (Å²) in [5.41, 5.74) is 2.58. The van der Waals surface area contributed by atoms with Gasteiger partial charge in [0.2, 0.25) is 0 Å². The Morgan fingerprint density at radius 1 is 1.47 bits per heavy atom. The fraction of sp³-hybridized carbons (Fsp3) is 0.462. The van der Waals surface area contributed by atoms with E-state index in [0.717, 1.165) is 0 Å². The van der Waals surface area contributed by atoms with Crippen molar-refractivity contribution >= 4 is 5.97 Å². The summed E-state index contributed by atoms with van der Waals surface area (Å²) in [6.45, 7) is 1.77. The van der Waals surface area contributed by atoms with Crippen LogP contribution in [-0.4, -0.2) is 11.1 Å². The van der Waals surface area contributed by atoms with Gasteiger partial charge in [0, 0.05) is 0 Å². The van der Waals surface area contributed by atoms with E-state index in [2.05, 4.69) is 12.1 Å². The number of hydrogen-bond acceptors (Lipinski definition) is 1. The van der Waals surface area contributed by atoms with E-state index in [-0.39, 0.29) is 5.92 Å². The van der Waals surface area contributed by atoms with Crippen LogP contribution in [0.2, 0.25) is 0 Å². The quantitative estimate of drug-likeness (QED) is 0.818. The molecule has 0 amide bonds. The maximum atomic E-state index is 10.8. The van der Waals surface area contributed by atoms with Gasteiger partial charge in [-0.05, 0) is 36.3 Å². The van der Waals surface area contributed by atoms with Gasteiger partial charge in [-0.15, -0.1) is 0 Å². The molecule has 2 heteroatoms. The standard InChI is InChI=1S/C13H16O2/c1-9(13(14)15)8-11-4-2-3-5-12(11)10-6-7-10/h2-5,9-10H,6-8H2,1H3,(H,14,15). The van der Waals surface area contributed by atoms with Crippen LogP contribution in [0, 0.1) is 5.92 Å². The molecule has 1 fully saturated rings. The van der Waals surface area contributed by atoms with Gasteiger partial charge < -0.3 is 5.11 Å². The second kappa shape index (κ2) is 4.05. The van der Waals surface area contributed by atoms with Gasteiger partial charge in [0.1, 0.15) is 0 Å². The molecule has 0 heterocycles. The van der Waals surface area contributed by atoms with Crippen molar-refractivity contribution in [3.63, 3.8) is 0 Å². The summed E-state index contributed by atoms with van der Waals surface area (Å²) >= 11 is 0. The molecule has 15 heavy (non-hydrogen) atoms. The molecule has 1 N–H and O–H groups in total. The van der Waals surface area contributed by atoms with Gasteiger partial charge in [-0.3, -0.25) is 4.79 Å². The van der Waals surface area contributed by atoms with Gasteiger partial charge in [0.15, 0.2) is 0 Å². The van der Waals surface area contributed by atoms with Crippen molar-refractivity contribution in [1.82, 2.24) is 0 Å². The van der Waals surface area contributed by atoms with E-state index in [1.165, 1.54) is 24.0 Å². The number of carboxylic acid groups (broad SMARTS) is 1. The maximum Gasteiger partial charge on any atom is 0.306 e. The molecule has 1 aliphatic carbocycles. The Kier molecular flexibility index (Phi) is 2.76. The molecule has 1 unspecified atom stereocenters. The smallest absolute Gasteiger partial charge is 0.306 e. The molecule has 0 aromatic heterocycles. The number of aliphatic carboxylic acids is 1. The topological polar surface area (TPSA) is 37.3 Å². The Morgan fingerprint density at radius 3 is 2.73 bits per heavy atom. The first-order valence-electron chi connectivity index (χ1n) is 5.49. The van der Waals surface area contributed by atoms with Crippen LogP contribution in [0.3, 0.4) is 0 Å². The van der Waals surface area contributed by atoms with Crippen LogP contribution >= 0.6 is 0 Å². The monoisotopic (exact) mass is 204 g/mol. The van der Waals surface area contributed by atoms with Crippen molar-refractivity contribution in [3.05, 3.63) is 35.4 Å². The first kappa shape index (κ1) is 10.2. The second-order valence-corrected chi connectivity index (χ2v) is 4.42. The highest BCUT2D eigenvalue weighted by Crippen LogP contribution is 2.41. The Bertz CT molecular complexity index is 367. The molecule has 1 atom stereocenters. The van der Waals surface area contributed by atoms with Crippen LogP contribution in [0.15, 0.2) is 24.3 Å². The fourth-order valence-corrected chi connectivity index (χ4v) is 1.93. The third-order valence-electron chi connectivity index (χ3n) is 3.02. The third-order valence-corrected chi connectivity index (χ3v) is 3.02. The molecule has 80 valence electrons. The highest BCUT2D eigenvalue weighted by atomic mass is 16.4. The SMILES string of the molecule is CC(Cc1ccccc1C1CC1)C(=O)O. The van der Waals surface area contributed by atoms with Crippen molar-refractivity contribution < 1.29 is 9.90 Å². The summed E-state index contributed by atoms with van der Waals surface area (Å²) in [6.07, 6.45) is 3.18. The predicted octanol–water partition coefficient (Wildman–Crippen LogP) is 2.83. The predicted molar refractivity (Wildman–Crippen MR) is 58.9 cm³/mol. The van der Waals surface area contributed by atoms with E-state index in [1.807, 2.05) is 12.1 Å². The van der Waals surface area contributed by atoms with Crippen LogP contribution < -0.4 is 0 Å². The zero-order valence-corrected chi connectivity index (χ0v) is 8.94. The minimum atomic E-state index is -0.708. The zero-order valence-electron chi connectivity index (χ0n) is 8.94. The van der Waals surface area contributed by atoms with Gasteiger partial charge in [-0.2, -0.15) is 0 Å². The Balaban J connectivity index is 2.16. The van der Waals surface area contributed by atoms with E-state index in [0.29, 0.717) is 12.3 Å². The second-order valence-electron chi connectivity index (χ2n) is 4.42. The summed E-state index contributed by atoms with van der Waals surface area (Å²) in [4.78, 5) is 10.8. The molecular weight excluding hydrogens is 188 g/mol. The molecular formula is C13H16O2. The highest BCUT2D eigenvalue weighted by molar-refractivity contribution is 5.70. The number of rotatable bonds is 4. The number of carboxylic acids is 1. The van der Waals surface area contributed by atoms with E-state index in [1.54, 1.807) is 6.92 Å². The Morgan fingerprint density at radius 2 is 2.13 bits per heavy atom. The number of carbonyl (C=O) groups is 1. The van der Waals surface area contributed by atoms with Gasteiger partial charge in [0.05, 0.1) is 5.92 Å². The summed E-state index contributed by atoms with van der Waals surface area (Å²) in [5.74, 6) is -0.298. The normalized spacial score (nSPS) is 17.4. The first-order valence-corrected chi connectivity index (χ1v) is 5.49. The largest absolute Gasteiger partial charge is 0.481 e. The summed E-state index contributed by atoms with van der Waals surface area (Å²) in [7, 11) is 0. The third kappa shape index (κ3) is 2.38. The van der Waals surface area contributed by atoms with E-state index < -0.39 is 5.97 Å². The van der Waals surface area contributed by atoms with Crippen molar-refractivity contribution in [2.75, 3.05) is 0 Å². The molecule has 1 aromatic carbocycles. The Hall–Kier alpha value is -1.31. The molecule has 0 aliphatic heterocycles. The molecule has 2 rings (SSSR count). The highest BCUT2D eigenvalue weighted by Gasteiger charge is 2.26. The zero-order chi connectivity index (χ0) is 10.8. The van der Waals surface area contributed by atoms with Gasteiger partial charge in [0.25, 0.3) is 0 Å². The van der Waals surface area contributed by atoms with Crippen LogP contribution in [0.4, 0.5) is 0 Å². The molecule has 0 bridgehead atoms. The minimum absolute atomic E-state index is 0.287. The maximum absolute atomic E-state index is 10.8. The average Bonchev–Trinajstić information content (AvgIpc) is 3.02. The van der Waals surface area contributed by atoms with Gasteiger partial charge >= 0.3 is 5.97 Å². The van der Waals surface area contributed by atoms with Gasteiger partial charge in [-0.25, -0.2) is 0 Å². The Labute approximate surface area is 89.9 Å². The lowest BCUT2D eigenvalue weighted by atomic mass is 9.95. The molecule has 0 saturated heterocycles. The fourth-order valence-electron chi connectivity index (χ4n) is 1.93. The van der Waals surface area contributed by atoms with Crippen molar-refractivity contribution in [3.8, 4) is 0 Å². The molecule has 1 saturated carbocycles. The molecule has 2 nitrogen and oxygen atoms in total. The lowest BCUT2D eigenvalue weighted by Crippen LogP contribution is -2.13. The molecule has 0 radical (unpaired) electrons. The first-order chi connectivity index (χ1) is 7.18. The van der Waals surface area contributed by atoms with Crippen molar-refractivity contribution in [1.29, 1.82) is 0 Å². The minimum Gasteiger partial charge on any atom is -0.481 e. The van der Waals surface area contributed by atoms with E-state index in [4.69, 9.17) is 5.11 Å². The van der Waals surface area contributed by atoms with Crippen LogP contribution in [-0.2, 0) is 11.2 Å². The lowest BCUT2D eigenvalue weighted by Gasteiger charge is -2.10. The van der Waals surface area contributed by atoms with Crippen molar-refractivity contribution in [2.24, 2.45) is 5.92 Å². The lowest BCUT2D eigenvalue weighted by molar-refractivity contribution is -0.141. The summed E-state index contributed by atoms with van der Waals surface area (Å²) in [5, 5.41) is 8.89. The van der Waals surface area contributed by atoms with Crippen LogP contribution in [0.25, 0.3) is 0 Å². The van der Waals surface area contributed by atoms with E-state index >= 15 is 0 Å². The summed E-state index contributed by atoms with van der Waals surface area (Å²) in [6, 6.07) is 8.24.